The molecule has 2 aromatic carbocycles. The summed E-state index contributed by atoms with van der Waals surface area (Å²) >= 11 is 0. The summed E-state index contributed by atoms with van der Waals surface area (Å²) in [6, 6.07) is 16.2. The summed E-state index contributed by atoms with van der Waals surface area (Å²) in [6.45, 7) is 0.836. The number of anilines is 1. The zero-order valence-corrected chi connectivity index (χ0v) is 11.6. The zero-order chi connectivity index (χ0) is 13.8. The number of hydrogen-bond donors (Lipinski definition) is 1. The maximum absolute atomic E-state index is 6.05. The highest BCUT2D eigenvalue weighted by Gasteiger charge is 2.16. The third-order valence-electron chi connectivity index (χ3n) is 3.64. The lowest BCUT2D eigenvalue weighted by Crippen LogP contribution is -2.24. The van der Waals surface area contributed by atoms with Crippen LogP contribution in [0.3, 0.4) is 0 Å². The van der Waals surface area contributed by atoms with E-state index in [1.54, 1.807) is 7.11 Å². The molecule has 0 fully saturated rings. The Kier molecular flexibility index (Phi) is 3.77. The van der Waals surface area contributed by atoms with Crippen LogP contribution < -0.4 is 14.8 Å². The van der Waals surface area contributed by atoms with Gasteiger partial charge >= 0.3 is 0 Å². The molecular weight excluding hydrogens is 250 g/mol. The van der Waals surface area contributed by atoms with Gasteiger partial charge in [0.05, 0.1) is 13.7 Å². The SMILES string of the molecule is COc1ccc(OC2CCc3ccccc3NC2)cc1. The molecule has 1 aliphatic rings. The Morgan fingerprint density at radius 3 is 2.55 bits per heavy atom. The van der Waals surface area contributed by atoms with Crippen molar-refractivity contribution in [3.63, 3.8) is 0 Å². The molecule has 0 saturated carbocycles. The van der Waals surface area contributed by atoms with Crippen LogP contribution in [0, 0.1) is 0 Å². The first-order valence-corrected chi connectivity index (χ1v) is 6.97. The molecule has 1 N–H and O–H groups in total. The molecule has 3 nitrogen and oxygen atoms in total. The van der Waals surface area contributed by atoms with Crippen molar-refractivity contribution in [3.8, 4) is 11.5 Å². The first-order valence-electron chi connectivity index (χ1n) is 6.97. The van der Waals surface area contributed by atoms with Gasteiger partial charge in [-0.2, -0.15) is 0 Å². The highest BCUT2D eigenvalue weighted by molar-refractivity contribution is 5.52. The second-order valence-electron chi connectivity index (χ2n) is 4.99. The predicted octanol–water partition coefficient (Wildman–Crippen LogP) is 3.50. The highest BCUT2D eigenvalue weighted by atomic mass is 16.5. The van der Waals surface area contributed by atoms with E-state index in [0.717, 1.165) is 30.9 Å². The van der Waals surface area contributed by atoms with Gasteiger partial charge in [-0.25, -0.2) is 0 Å². The smallest absolute Gasteiger partial charge is 0.120 e. The summed E-state index contributed by atoms with van der Waals surface area (Å²) in [5, 5.41) is 3.47. The molecule has 1 aliphatic heterocycles. The molecule has 104 valence electrons. The Bertz CT molecular complexity index is 538. The molecule has 1 heterocycles. The highest BCUT2D eigenvalue weighted by Crippen LogP contribution is 2.24. The van der Waals surface area contributed by atoms with Crippen LogP contribution >= 0.6 is 0 Å². The van der Waals surface area contributed by atoms with Crippen LogP contribution in [0.2, 0.25) is 0 Å². The summed E-state index contributed by atoms with van der Waals surface area (Å²) in [5.41, 5.74) is 2.60. The van der Waals surface area contributed by atoms with Gasteiger partial charge in [-0.15, -0.1) is 0 Å². The standard InChI is InChI=1S/C17H19NO2/c1-19-14-8-10-15(11-9-14)20-16-7-6-13-4-2-3-5-17(13)18-12-16/h2-5,8-11,16,18H,6-7,12H2,1H3. The minimum atomic E-state index is 0.191. The minimum absolute atomic E-state index is 0.191. The van der Waals surface area contributed by atoms with Gasteiger partial charge in [0.25, 0.3) is 0 Å². The molecule has 0 amide bonds. The van der Waals surface area contributed by atoms with Gasteiger partial charge in [-0.3, -0.25) is 0 Å². The van der Waals surface area contributed by atoms with E-state index in [1.165, 1.54) is 11.3 Å². The van der Waals surface area contributed by atoms with Crippen molar-refractivity contribution in [3.05, 3.63) is 54.1 Å². The Morgan fingerprint density at radius 2 is 1.75 bits per heavy atom. The molecule has 1 unspecified atom stereocenters. The van der Waals surface area contributed by atoms with Crippen molar-refractivity contribution in [1.82, 2.24) is 0 Å². The van der Waals surface area contributed by atoms with Crippen molar-refractivity contribution < 1.29 is 9.47 Å². The molecule has 1 atom stereocenters. The number of aryl methyl sites for hydroxylation is 1. The van der Waals surface area contributed by atoms with Gasteiger partial charge < -0.3 is 14.8 Å². The molecule has 20 heavy (non-hydrogen) atoms. The van der Waals surface area contributed by atoms with Gasteiger partial charge in [0.1, 0.15) is 17.6 Å². The summed E-state index contributed by atoms with van der Waals surface area (Å²) in [7, 11) is 1.67. The van der Waals surface area contributed by atoms with Crippen molar-refractivity contribution in [2.24, 2.45) is 0 Å². The van der Waals surface area contributed by atoms with Crippen LogP contribution in [0.25, 0.3) is 0 Å². The maximum atomic E-state index is 6.05. The average Bonchev–Trinajstić information content (AvgIpc) is 2.71. The fourth-order valence-electron chi connectivity index (χ4n) is 2.50. The van der Waals surface area contributed by atoms with E-state index >= 15 is 0 Å². The van der Waals surface area contributed by atoms with Gasteiger partial charge in [0, 0.05) is 5.69 Å². The Balaban J connectivity index is 1.65. The number of ether oxygens (including phenoxy) is 2. The molecular formula is C17H19NO2. The van der Waals surface area contributed by atoms with E-state index in [0.29, 0.717) is 0 Å². The lowest BCUT2D eigenvalue weighted by Gasteiger charge is -2.17. The second kappa shape index (κ2) is 5.87. The van der Waals surface area contributed by atoms with E-state index in [4.69, 9.17) is 9.47 Å². The van der Waals surface area contributed by atoms with Crippen LogP contribution in [0.1, 0.15) is 12.0 Å². The topological polar surface area (TPSA) is 30.5 Å². The molecule has 0 spiro atoms. The molecule has 0 aliphatic carbocycles. The van der Waals surface area contributed by atoms with Crippen molar-refractivity contribution in [1.29, 1.82) is 0 Å². The predicted molar refractivity (Wildman–Crippen MR) is 80.7 cm³/mol. The summed E-state index contributed by atoms with van der Waals surface area (Å²) < 4.78 is 11.2. The van der Waals surface area contributed by atoms with Crippen LogP contribution in [-0.4, -0.2) is 19.8 Å². The monoisotopic (exact) mass is 269 g/mol. The fraction of sp³-hybridized carbons (Fsp3) is 0.294. The molecule has 2 aromatic rings. The Labute approximate surface area is 119 Å². The molecule has 0 radical (unpaired) electrons. The number of hydrogen-bond acceptors (Lipinski definition) is 3. The molecule has 3 heteroatoms. The van der Waals surface area contributed by atoms with Gasteiger partial charge in [0.15, 0.2) is 0 Å². The summed E-state index contributed by atoms with van der Waals surface area (Å²) in [6.07, 6.45) is 2.26. The molecule has 0 bridgehead atoms. The van der Waals surface area contributed by atoms with E-state index < -0.39 is 0 Å². The average molecular weight is 269 g/mol. The van der Waals surface area contributed by atoms with E-state index in [9.17, 15) is 0 Å². The number of methoxy groups -OCH3 is 1. The molecule has 3 rings (SSSR count). The number of rotatable bonds is 3. The van der Waals surface area contributed by atoms with Crippen LogP contribution in [-0.2, 0) is 6.42 Å². The van der Waals surface area contributed by atoms with Crippen molar-refractivity contribution in [2.75, 3.05) is 19.0 Å². The van der Waals surface area contributed by atoms with Crippen molar-refractivity contribution >= 4 is 5.69 Å². The van der Waals surface area contributed by atoms with Crippen LogP contribution in [0.4, 0.5) is 5.69 Å². The van der Waals surface area contributed by atoms with Crippen molar-refractivity contribution in [2.45, 2.75) is 18.9 Å². The lowest BCUT2D eigenvalue weighted by atomic mass is 10.1. The number of fused-ring (bicyclic) bond motifs is 1. The number of nitrogens with one attached hydrogen (secondary N) is 1. The van der Waals surface area contributed by atoms with E-state index in [1.807, 2.05) is 24.3 Å². The Hall–Kier alpha value is -2.16. The van der Waals surface area contributed by atoms with Gasteiger partial charge in [-0.05, 0) is 48.7 Å². The first-order chi connectivity index (χ1) is 9.85. The Morgan fingerprint density at radius 1 is 1.00 bits per heavy atom. The van der Waals surface area contributed by atoms with E-state index in [2.05, 4.69) is 29.6 Å². The number of benzene rings is 2. The summed E-state index contributed by atoms with van der Waals surface area (Å²) in [4.78, 5) is 0. The van der Waals surface area contributed by atoms with Crippen LogP contribution in [0.5, 0.6) is 11.5 Å². The second-order valence-corrected chi connectivity index (χ2v) is 4.99. The minimum Gasteiger partial charge on any atom is -0.497 e. The normalized spacial score (nSPS) is 17.6. The zero-order valence-electron chi connectivity index (χ0n) is 11.6. The third kappa shape index (κ3) is 2.87. The molecule has 0 aromatic heterocycles. The quantitative estimate of drug-likeness (QED) is 0.925. The largest absolute Gasteiger partial charge is 0.497 e. The summed E-state index contributed by atoms with van der Waals surface area (Å²) in [5.74, 6) is 1.74. The molecule has 0 saturated heterocycles. The maximum Gasteiger partial charge on any atom is 0.120 e. The van der Waals surface area contributed by atoms with Gasteiger partial charge in [-0.1, -0.05) is 18.2 Å². The number of para-hydroxylation sites is 1. The first kappa shape index (κ1) is 12.9. The lowest BCUT2D eigenvalue weighted by molar-refractivity contribution is 0.206. The third-order valence-corrected chi connectivity index (χ3v) is 3.64. The van der Waals surface area contributed by atoms with E-state index in [-0.39, 0.29) is 6.10 Å². The van der Waals surface area contributed by atoms with Gasteiger partial charge in [0.2, 0.25) is 0 Å². The fourth-order valence-corrected chi connectivity index (χ4v) is 2.50. The van der Waals surface area contributed by atoms with Crippen LogP contribution in [0.15, 0.2) is 48.5 Å².